The predicted octanol–water partition coefficient (Wildman–Crippen LogP) is 2.19. The Labute approximate surface area is 134 Å². The van der Waals surface area contributed by atoms with Gasteiger partial charge in [-0.15, -0.1) is 0 Å². The zero-order valence-corrected chi connectivity index (χ0v) is 12.9. The van der Waals surface area contributed by atoms with Crippen LogP contribution in [0.3, 0.4) is 0 Å². The van der Waals surface area contributed by atoms with Gasteiger partial charge in [-0.05, 0) is 43.7 Å². The Balaban J connectivity index is 1.60. The van der Waals surface area contributed by atoms with E-state index >= 15 is 0 Å². The number of rotatable bonds is 6. The molecule has 0 heterocycles. The molecule has 5 nitrogen and oxygen atoms in total. The number of urea groups is 1. The Kier molecular flexibility index (Phi) is 6.58. The van der Waals surface area contributed by atoms with Crippen LogP contribution in [0.4, 0.5) is 13.6 Å². The molecule has 128 valence electrons. The molecule has 1 aromatic carbocycles. The number of hydrogen-bond acceptors (Lipinski definition) is 3. The number of aliphatic hydroxyl groups excluding tert-OH is 1. The summed E-state index contributed by atoms with van der Waals surface area (Å²) in [4.78, 5) is 11.7. The molecule has 1 aliphatic rings. The smallest absolute Gasteiger partial charge is 0.315 e. The largest absolute Gasteiger partial charge is 0.492 e. The molecule has 2 amide bonds. The molecule has 1 aliphatic carbocycles. The van der Waals surface area contributed by atoms with Crippen LogP contribution in [0.5, 0.6) is 5.75 Å². The molecule has 23 heavy (non-hydrogen) atoms. The zero-order valence-electron chi connectivity index (χ0n) is 12.9. The molecule has 1 aromatic rings. The number of benzene rings is 1. The summed E-state index contributed by atoms with van der Waals surface area (Å²) in [6.45, 7) is 0.632. The van der Waals surface area contributed by atoms with E-state index in [-0.39, 0.29) is 37.6 Å². The highest BCUT2D eigenvalue weighted by Gasteiger charge is 2.21. The number of carbonyl (C=O) groups excluding carboxylic acids is 1. The first kappa shape index (κ1) is 17.5. The lowest BCUT2D eigenvalue weighted by atomic mass is 9.87. The van der Waals surface area contributed by atoms with Crippen LogP contribution >= 0.6 is 0 Å². The normalized spacial score (nSPS) is 20.8. The Morgan fingerprint density at radius 1 is 1.22 bits per heavy atom. The van der Waals surface area contributed by atoms with Gasteiger partial charge >= 0.3 is 6.03 Å². The van der Waals surface area contributed by atoms with Gasteiger partial charge in [-0.1, -0.05) is 0 Å². The number of nitrogens with one attached hydrogen (secondary N) is 2. The van der Waals surface area contributed by atoms with Gasteiger partial charge in [0.2, 0.25) is 0 Å². The zero-order chi connectivity index (χ0) is 16.7. The number of amides is 2. The average molecular weight is 328 g/mol. The van der Waals surface area contributed by atoms with E-state index in [0.29, 0.717) is 5.92 Å². The summed E-state index contributed by atoms with van der Waals surface area (Å²) >= 11 is 0. The predicted molar refractivity (Wildman–Crippen MR) is 81.2 cm³/mol. The minimum absolute atomic E-state index is 0.130. The van der Waals surface area contributed by atoms with Crippen molar-refractivity contribution in [2.45, 2.75) is 31.7 Å². The first-order valence-corrected chi connectivity index (χ1v) is 7.81. The van der Waals surface area contributed by atoms with Crippen LogP contribution in [-0.4, -0.2) is 36.9 Å². The first-order valence-electron chi connectivity index (χ1n) is 7.81. The lowest BCUT2D eigenvalue weighted by Gasteiger charge is -2.27. The van der Waals surface area contributed by atoms with E-state index in [1.54, 1.807) is 0 Å². The van der Waals surface area contributed by atoms with E-state index in [1.807, 2.05) is 0 Å². The van der Waals surface area contributed by atoms with Gasteiger partial charge < -0.3 is 20.5 Å². The quantitative estimate of drug-likeness (QED) is 0.701. The third kappa shape index (κ3) is 5.67. The monoisotopic (exact) mass is 328 g/mol. The fourth-order valence-electron chi connectivity index (χ4n) is 2.63. The van der Waals surface area contributed by atoms with Crippen LogP contribution < -0.4 is 15.4 Å². The molecule has 0 atom stereocenters. The summed E-state index contributed by atoms with van der Waals surface area (Å²) in [5.41, 5.74) is 0. The second-order valence-electron chi connectivity index (χ2n) is 5.72. The Bertz CT molecular complexity index is 520. The SMILES string of the molecule is O=C(NCCOc1ccc(F)c(F)c1)NC1CCC(CO)CC1. The number of hydrogen-bond donors (Lipinski definition) is 3. The molecule has 2 rings (SSSR count). The van der Waals surface area contributed by atoms with Crippen molar-refractivity contribution in [1.29, 1.82) is 0 Å². The first-order chi connectivity index (χ1) is 11.1. The molecule has 0 saturated heterocycles. The summed E-state index contributed by atoms with van der Waals surface area (Å²) in [5, 5.41) is 14.6. The van der Waals surface area contributed by atoms with E-state index in [2.05, 4.69) is 10.6 Å². The van der Waals surface area contributed by atoms with Gasteiger partial charge in [-0.3, -0.25) is 0 Å². The molecule has 0 spiro atoms. The minimum Gasteiger partial charge on any atom is -0.492 e. The molecule has 1 saturated carbocycles. The fraction of sp³-hybridized carbons (Fsp3) is 0.562. The summed E-state index contributed by atoms with van der Waals surface area (Å²) in [7, 11) is 0. The molecule has 0 bridgehead atoms. The van der Waals surface area contributed by atoms with Gasteiger partial charge in [0, 0.05) is 18.7 Å². The third-order valence-corrected chi connectivity index (χ3v) is 3.99. The molecule has 3 N–H and O–H groups in total. The maximum atomic E-state index is 13.0. The van der Waals surface area contributed by atoms with Crippen molar-refractivity contribution in [2.75, 3.05) is 19.8 Å². The molecular formula is C16H22F2N2O3. The van der Waals surface area contributed by atoms with Gasteiger partial charge in [0.15, 0.2) is 11.6 Å². The van der Waals surface area contributed by atoms with Crippen LogP contribution in [0, 0.1) is 17.6 Å². The maximum Gasteiger partial charge on any atom is 0.315 e. The summed E-state index contributed by atoms with van der Waals surface area (Å²) in [6, 6.07) is 3.15. The number of aliphatic hydroxyl groups is 1. The van der Waals surface area contributed by atoms with Crippen LogP contribution in [0.25, 0.3) is 0 Å². The van der Waals surface area contributed by atoms with Gasteiger partial charge in [0.1, 0.15) is 12.4 Å². The van der Waals surface area contributed by atoms with E-state index < -0.39 is 11.6 Å². The maximum absolute atomic E-state index is 13.0. The lowest BCUT2D eigenvalue weighted by molar-refractivity contribution is 0.174. The van der Waals surface area contributed by atoms with E-state index in [9.17, 15) is 13.6 Å². The second kappa shape index (κ2) is 8.67. The average Bonchev–Trinajstić information content (AvgIpc) is 2.55. The molecule has 1 fully saturated rings. The van der Waals surface area contributed by atoms with Crippen LogP contribution in [0.1, 0.15) is 25.7 Å². The Hall–Kier alpha value is -1.89. The van der Waals surface area contributed by atoms with Crippen molar-refractivity contribution in [3.63, 3.8) is 0 Å². The van der Waals surface area contributed by atoms with Crippen molar-refractivity contribution in [1.82, 2.24) is 10.6 Å². The second-order valence-corrected chi connectivity index (χ2v) is 5.72. The van der Waals surface area contributed by atoms with Gasteiger partial charge in [0.25, 0.3) is 0 Å². The number of halogens is 2. The van der Waals surface area contributed by atoms with Crippen LogP contribution in [0.2, 0.25) is 0 Å². The molecule has 0 unspecified atom stereocenters. The summed E-state index contributed by atoms with van der Waals surface area (Å²) in [6.07, 6.45) is 3.56. The number of carbonyl (C=O) groups is 1. The molecular weight excluding hydrogens is 306 g/mol. The highest BCUT2D eigenvalue weighted by atomic mass is 19.2. The van der Waals surface area contributed by atoms with E-state index in [1.165, 1.54) is 6.07 Å². The van der Waals surface area contributed by atoms with E-state index in [4.69, 9.17) is 9.84 Å². The minimum atomic E-state index is -0.966. The Morgan fingerprint density at radius 2 is 1.96 bits per heavy atom. The Morgan fingerprint density at radius 3 is 2.61 bits per heavy atom. The van der Waals surface area contributed by atoms with Crippen molar-refractivity contribution in [2.24, 2.45) is 5.92 Å². The summed E-state index contributed by atoms with van der Waals surface area (Å²) in [5.74, 6) is -1.33. The highest BCUT2D eigenvalue weighted by Crippen LogP contribution is 2.23. The van der Waals surface area contributed by atoms with Crippen molar-refractivity contribution < 1.29 is 23.4 Å². The molecule has 7 heteroatoms. The van der Waals surface area contributed by atoms with Crippen molar-refractivity contribution in [3.05, 3.63) is 29.8 Å². The standard InChI is InChI=1S/C16H22F2N2O3/c17-14-6-5-13(9-15(14)18)23-8-7-19-16(22)20-12-3-1-11(10-21)2-4-12/h5-6,9,11-12,21H,1-4,7-8,10H2,(H2,19,20,22). The topological polar surface area (TPSA) is 70.6 Å². The highest BCUT2D eigenvalue weighted by molar-refractivity contribution is 5.74. The van der Waals surface area contributed by atoms with Crippen LogP contribution in [0.15, 0.2) is 18.2 Å². The van der Waals surface area contributed by atoms with Gasteiger partial charge in [-0.2, -0.15) is 0 Å². The molecule has 0 aromatic heterocycles. The van der Waals surface area contributed by atoms with Crippen molar-refractivity contribution in [3.8, 4) is 5.75 Å². The van der Waals surface area contributed by atoms with Gasteiger partial charge in [0.05, 0.1) is 6.54 Å². The summed E-state index contributed by atoms with van der Waals surface area (Å²) < 4.78 is 31.0. The van der Waals surface area contributed by atoms with E-state index in [0.717, 1.165) is 37.8 Å². The fourth-order valence-corrected chi connectivity index (χ4v) is 2.63. The number of ether oxygens (including phenoxy) is 1. The van der Waals surface area contributed by atoms with Crippen molar-refractivity contribution >= 4 is 6.03 Å². The third-order valence-electron chi connectivity index (χ3n) is 3.99. The van der Waals surface area contributed by atoms with Crippen LogP contribution in [-0.2, 0) is 0 Å². The molecule has 0 radical (unpaired) electrons. The molecule has 0 aliphatic heterocycles. The van der Waals surface area contributed by atoms with Gasteiger partial charge in [-0.25, -0.2) is 13.6 Å². The lowest BCUT2D eigenvalue weighted by Crippen LogP contribution is -2.44.